The standard InChI is InChI=1S/C20H31N5O3S.HI/c1-5-21-20(22-11-6-13-25-17(3)15-16(2)24-25)23-12-14-28-18-7-9-19(10-8-18)29(4,26)27;/h7-10,15H,5-6,11-14H2,1-4H3,(H2,21,22,23);1H. The monoisotopic (exact) mass is 549 g/mol. The van der Waals surface area contributed by atoms with E-state index >= 15 is 0 Å². The summed E-state index contributed by atoms with van der Waals surface area (Å²) >= 11 is 0. The maximum atomic E-state index is 11.5. The third kappa shape index (κ3) is 8.90. The van der Waals surface area contributed by atoms with Crippen LogP contribution in [0.1, 0.15) is 24.7 Å². The first-order valence-electron chi connectivity index (χ1n) is 9.75. The van der Waals surface area contributed by atoms with Crippen molar-refractivity contribution in [2.45, 2.75) is 38.6 Å². The van der Waals surface area contributed by atoms with Crippen molar-refractivity contribution in [3.8, 4) is 5.75 Å². The van der Waals surface area contributed by atoms with E-state index in [1.165, 1.54) is 11.9 Å². The summed E-state index contributed by atoms with van der Waals surface area (Å²) in [5.41, 5.74) is 2.20. The molecule has 0 saturated heterocycles. The smallest absolute Gasteiger partial charge is 0.191 e. The maximum Gasteiger partial charge on any atom is 0.191 e. The van der Waals surface area contributed by atoms with E-state index in [-0.39, 0.29) is 28.9 Å². The molecule has 0 bridgehead atoms. The minimum Gasteiger partial charge on any atom is -0.492 e. The topological polar surface area (TPSA) is 97.6 Å². The molecule has 2 N–H and O–H groups in total. The van der Waals surface area contributed by atoms with Gasteiger partial charge in [0.05, 0.1) is 17.1 Å². The number of benzene rings is 1. The van der Waals surface area contributed by atoms with Crippen LogP contribution in [0.25, 0.3) is 0 Å². The van der Waals surface area contributed by atoms with Gasteiger partial charge in [-0.05, 0) is 57.5 Å². The fraction of sp³-hybridized carbons (Fsp3) is 0.500. The molecule has 0 unspecified atom stereocenters. The van der Waals surface area contributed by atoms with Gasteiger partial charge in [-0.2, -0.15) is 5.10 Å². The summed E-state index contributed by atoms with van der Waals surface area (Å²) in [7, 11) is -3.19. The van der Waals surface area contributed by atoms with Crippen LogP contribution in [0.4, 0.5) is 0 Å². The molecule has 168 valence electrons. The molecule has 0 aliphatic heterocycles. The second kappa shape index (κ2) is 12.8. The molecule has 0 aliphatic carbocycles. The Morgan fingerprint density at radius 1 is 1.20 bits per heavy atom. The number of halogens is 1. The van der Waals surface area contributed by atoms with E-state index in [0.717, 1.165) is 31.2 Å². The summed E-state index contributed by atoms with van der Waals surface area (Å²) in [6, 6.07) is 8.49. The Morgan fingerprint density at radius 2 is 1.90 bits per heavy atom. The minimum atomic E-state index is -3.19. The van der Waals surface area contributed by atoms with Crippen molar-refractivity contribution in [2.24, 2.45) is 4.99 Å². The molecule has 8 nitrogen and oxygen atoms in total. The highest BCUT2D eigenvalue weighted by Crippen LogP contribution is 2.15. The molecule has 1 heterocycles. The molecule has 0 radical (unpaired) electrons. The molecule has 2 rings (SSSR count). The Labute approximate surface area is 196 Å². The van der Waals surface area contributed by atoms with Gasteiger partial charge in [0.2, 0.25) is 0 Å². The molecule has 0 spiro atoms. The molecule has 0 atom stereocenters. The molecule has 1 aromatic heterocycles. The van der Waals surface area contributed by atoms with Gasteiger partial charge in [-0.3, -0.25) is 9.67 Å². The van der Waals surface area contributed by atoms with Crippen LogP contribution in [-0.2, 0) is 16.4 Å². The van der Waals surface area contributed by atoms with E-state index in [9.17, 15) is 8.42 Å². The largest absolute Gasteiger partial charge is 0.492 e. The number of aliphatic imine (C=N–C) groups is 1. The molecule has 1 aromatic carbocycles. The van der Waals surface area contributed by atoms with Crippen molar-refractivity contribution in [2.75, 3.05) is 32.5 Å². The number of sulfone groups is 1. The zero-order valence-electron chi connectivity index (χ0n) is 18.0. The summed E-state index contributed by atoms with van der Waals surface area (Å²) in [6.07, 6.45) is 2.09. The Hall–Kier alpha value is -1.82. The van der Waals surface area contributed by atoms with E-state index in [1.54, 1.807) is 24.3 Å². The predicted molar refractivity (Wildman–Crippen MR) is 131 cm³/mol. The van der Waals surface area contributed by atoms with Crippen molar-refractivity contribution in [3.05, 3.63) is 41.7 Å². The molecular weight excluding hydrogens is 517 g/mol. The van der Waals surface area contributed by atoms with Gasteiger partial charge in [0.25, 0.3) is 0 Å². The number of aromatic nitrogens is 2. The van der Waals surface area contributed by atoms with Crippen molar-refractivity contribution in [1.82, 2.24) is 20.4 Å². The van der Waals surface area contributed by atoms with Gasteiger partial charge in [0.15, 0.2) is 15.8 Å². The van der Waals surface area contributed by atoms with E-state index in [2.05, 4.69) is 33.7 Å². The number of rotatable bonds is 10. The third-order valence-electron chi connectivity index (χ3n) is 4.16. The van der Waals surface area contributed by atoms with Crippen LogP contribution >= 0.6 is 24.0 Å². The Bertz CT molecular complexity index is 911. The molecule has 30 heavy (non-hydrogen) atoms. The fourth-order valence-electron chi connectivity index (χ4n) is 2.78. The van der Waals surface area contributed by atoms with Gasteiger partial charge in [-0.25, -0.2) is 8.42 Å². The van der Waals surface area contributed by atoms with Gasteiger partial charge in [0, 0.05) is 31.6 Å². The van der Waals surface area contributed by atoms with E-state index in [4.69, 9.17) is 4.74 Å². The number of nitrogens with one attached hydrogen (secondary N) is 2. The van der Waals surface area contributed by atoms with Crippen molar-refractivity contribution < 1.29 is 13.2 Å². The number of aryl methyl sites for hydroxylation is 3. The summed E-state index contributed by atoms with van der Waals surface area (Å²) in [6.45, 7) is 9.41. The highest BCUT2D eigenvalue weighted by molar-refractivity contribution is 14.0. The maximum absolute atomic E-state index is 11.5. The Balaban J connectivity index is 0.00000450. The normalized spacial score (nSPS) is 11.7. The second-order valence-corrected chi connectivity index (χ2v) is 8.80. The van der Waals surface area contributed by atoms with Gasteiger partial charge in [-0.1, -0.05) is 0 Å². The van der Waals surface area contributed by atoms with Gasteiger partial charge in [-0.15, -0.1) is 24.0 Å². The van der Waals surface area contributed by atoms with Crippen LogP contribution in [0.15, 0.2) is 40.2 Å². The van der Waals surface area contributed by atoms with Gasteiger partial charge < -0.3 is 15.4 Å². The highest BCUT2D eigenvalue weighted by atomic mass is 127. The molecule has 2 aromatic rings. The first kappa shape index (κ1) is 26.2. The third-order valence-corrected chi connectivity index (χ3v) is 5.29. The minimum absolute atomic E-state index is 0. The van der Waals surface area contributed by atoms with Gasteiger partial charge >= 0.3 is 0 Å². The Kier molecular flexibility index (Phi) is 11.2. The van der Waals surface area contributed by atoms with Crippen LogP contribution in [0, 0.1) is 13.8 Å². The van der Waals surface area contributed by atoms with Crippen LogP contribution in [-0.4, -0.2) is 56.7 Å². The lowest BCUT2D eigenvalue weighted by Gasteiger charge is -2.12. The van der Waals surface area contributed by atoms with Crippen molar-refractivity contribution in [1.29, 1.82) is 0 Å². The molecule has 10 heteroatoms. The predicted octanol–water partition coefficient (Wildman–Crippen LogP) is 2.55. The number of hydrogen-bond acceptors (Lipinski definition) is 5. The van der Waals surface area contributed by atoms with Crippen LogP contribution < -0.4 is 15.4 Å². The number of guanidine groups is 1. The SMILES string of the molecule is CCNC(=NCCCn1nc(C)cc1C)NCCOc1ccc(S(C)(=O)=O)cc1.I. The van der Waals surface area contributed by atoms with Crippen molar-refractivity contribution in [3.63, 3.8) is 0 Å². The number of nitrogens with zero attached hydrogens (tertiary/aromatic N) is 3. The van der Waals surface area contributed by atoms with Gasteiger partial charge in [0.1, 0.15) is 12.4 Å². The summed E-state index contributed by atoms with van der Waals surface area (Å²) in [5, 5.41) is 10.9. The average molecular weight is 549 g/mol. The first-order chi connectivity index (χ1) is 13.8. The quantitative estimate of drug-likeness (QED) is 0.205. The molecule has 0 aliphatic rings. The summed E-state index contributed by atoms with van der Waals surface area (Å²) < 4.78 is 30.6. The van der Waals surface area contributed by atoms with E-state index in [1.807, 2.05) is 18.5 Å². The van der Waals surface area contributed by atoms with E-state index in [0.29, 0.717) is 25.4 Å². The summed E-state index contributed by atoms with van der Waals surface area (Å²) in [5.74, 6) is 1.38. The molecular formula is C20H32IN5O3S. The Morgan fingerprint density at radius 3 is 2.47 bits per heavy atom. The zero-order chi connectivity index (χ0) is 21.3. The molecule has 0 fully saturated rings. The lowest BCUT2D eigenvalue weighted by atomic mass is 10.3. The average Bonchev–Trinajstić information content (AvgIpc) is 2.99. The van der Waals surface area contributed by atoms with Crippen LogP contribution in [0.3, 0.4) is 0 Å². The number of hydrogen-bond donors (Lipinski definition) is 2. The second-order valence-electron chi connectivity index (χ2n) is 6.78. The number of ether oxygens (including phenoxy) is 1. The van der Waals surface area contributed by atoms with Crippen LogP contribution in [0.2, 0.25) is 0 Å². The molecule has 0 saturated carbocycles. The molecule has 0 amide bonds. The fourth-order valence-corrected chi connectivity index (χ4v) is 3.41. The first-order valence-corrected chi connectivity index (χ1v) is 11.6. The van der Waals surface area contributed by atoms with Crippen LogP contribution in [0.5, 0.6) is 5.75 Å². The summed E-state index contributed by atoms with van der Waals surface area (Å²) in [4.78, 5) is 4.86. The highest BCUT2D eigenvalue weighted by Gasteiger charge is 2.06. The lowest BCUT2D eigenvalue weighted by molar-refractivity contribution is 0.321. The lowest BCUT2D eigenvalue weighted by Crippen LogP contribution is -2.39. The van der Waals surface area contributed by atoms with E-state index < -0.39 is 9.84 Å². The zero-order valence-corrected chi connectivity index (χ0v) is 21.2. The van der Waals surface area contributed by atoms with Crippen molar-refractivity contribution >= 4 is 39.8 Å².